The molecule has 88 valence electrons. The zero-order chi connectivity index (χ0) is 12.1. The zero-order valence-electron chi connectivity index (χ0n) is 9.46. The van der Waals surface area contributed by atoms with Gasteiger partial charge in [-0.3, -0.25) is 4.79 Å². The second kappa shape index (κ2) is 5.61. The first kappa shape index (κ1) is 12.6. The Morgan fingerprint density at radius 1 is 1.56 bits per heavy atom. The second-order valence-corrected chi connectivity index (χ2v) is 3.72. The van der Waals surface area contributed by atoms with Crippen LogP contribution in [0.4, 0.5) is 4.39 Å². The Labute approximate surface area is 94.3 Å². The lowest BCUT2D eigenvalue weighted by Gasteiger charge is -2.14. The molecular weight excluding hydrogens is 209 g/mol. The monoisotopic (exact) mass is 225 g/mol. The Bertz CT molecular complexity index is 375. The highest BCUT2D eigenvalue weighted by Gasteiger charge is 2.13. The van der Waals surface area contributed by atoms with Crippen LogP contribution in [0.25, 0.3) is 0 Å². The molecule has 2 N–H and O–H groups in total. The summed E-state index contributed by atoms with van der Waals surface area (Å²) in [6, 6.07) is 3.76. The summed E-state index contributed by atoms with van der Waals surface area (Å²) in [4.78, 5) is 11.8. The van der Waals surface area contributed by atoms with Crippen LogP contribution in [-0.4, -0.2) is 23.7 Å². The van der Waals surface area contributed by atoms with Gasteiger partial charge in [-0.1, -0.05) is 6.92 Å². The molecule has 16 heavy (non-hydrogen) atoms. The van der Waals surface area contributed by atoms with Gasteiger partial charge in [0.2, 0.25) is 0 Å². The Kier molecular flexibility index (Phi) is 4.43. The smallest absolute Gasteiger partial charge is 0.251 e. The average Bonchev–Trinajstić information content (AvgIpc) is 2.25. The number of hydrogen-bond acceptors (Lipinski definition) is 2. The van der Waals surface area contributed by atoms with Crippen molar-refractivity contribution in [2.24, 2.45) is 0 Å². The Hall–Kier alpha value is -1.42. The van der Waals surface area contributed by atoms with Crippen molar-refractivity contribution in [1.82, 2.24) is 5.32 Å². The number of nitrogens with one attached hydrogen (secondary N) is 1. The number of aliphatic hydroxyl groups excluding tert-OH is 1. The molecule has 0 heterocycles. The standard InChI is InChI=1S/C12H16FNO2/c1-3-10(7-15)14-12(16)11-5-4-9(13)6-8(11)2/h4-6,10,15H,3,7H2,1-2H3,(H,14,16)/t10-/m0/s1. The maximum absolute atomic E-state index is 12.8. The van der Waals surface area contributed by atoms with E-state index in [9.17, 15) is 9.18 Å². The van der Waals surface area contributed by atoms with Crippen LogP contribution in [-0.2, 0) is 0 Å². The van der Waals surface area contributed by atoms with Crippen LogP contribution in [0.2, 0.25) is 0 Å². The Balaban J connectivity index is 2.80. The van der Waals surface area contributed by atoms with Crippen LogP contribution in [0.3, 0.4) is 0 Å². The first-order valence-electron chi connectivity index (χ1n) is 5.26. The van der Waals surface area contributed by atoms with Gasteiger partial charge in [0.1, 0.15) is 5.82 Å². The molecule has 0 fully saturated rings. The summed E-state index contributed by atoms with van der Waals surface area (Å²) in [5.41, 5.74) is 1.03. The quantitative estimate of drug-likeness (QED) is 0.818. The summed E-state index contributed by atoms with van der Waals surface area (Å²) in [5, 5.41) is 11.6. The largest absolute Gasteiger partial charge is 0.394 e. The number of carbonyl (C=O) groups excluding carboxylic acids is 1. The predicted octanol–water partition coefficient (Wildman–Crippen LogP) is 1.63. The number of benzene rings is 1. The van der Waals surface area contributed by atoms with E-state index in [-0.39, 0.29) is 24.4 Å². The summed E-state index contributed by atoms with van der Waals surface area (Å²) < 4.78 is 12.8. The highest BCUT2D eigenvalue weighted by molar-refractivity contribution is 5.95. The maximum atomic E-state index is 12.8. The molecule has 0 aromatic heterocycles. The molecule has 1 atom stereocenters. The van der Waals surface area contributed by atoms with Gasteiger partial charge in [0.05, 0.1) is 12.6 Å². The molecule has 4 heteroatoms. The third-order valence-electron chi connectivity index (χ3n) is 2.48. The van der Waals surface area contributed by atoms with Crippen molar-refractivity contribution in [3.63, 3.8) is 0 Å². The van der Waals surface area contributed by atoms with Crippen molar-refractivity contribution in [3.8, 4) is 0 Å². The van der Waals surface area contributed by atoms with E-state index in [4.69, 9.17) is 5.11 Å². The first-order valence-corrected chi connectivity index (χ1v) is 5.26. The number of carbonyl (C=O) groups is 1. The lowest BCUT2D eigenvalue weighted by atomic mass is 10.1. The molecule has 1 rings (SSSR count). The van der Waals surface area contributed by atoms with Crippen molar-refractivity contribution in [3.05, 3.63) is 35.1 Å². The van der Waals surface area contributed by atoms with Gasteiger partial charge in [-0.25, -0.2) is 4.39 Å². The normalized spacial score (nSPS) is 12.2. The lowest BCUT2D eigenvalue weighted by molar-refractivity contribution is 0.0914. The first-order chi connectivity index (χ1) is 7.58. The Morgan fingerprint density at radius 3 is 2.75 bits per heavy atom. The molecule has 0 saturated heterocycles. The van der Waals surface area contributed by atoms with E-state index in [0.717, 1.165) is 0 Å². The molecule has 1 aromatic carbocycles. The van der Waals surface area contributed by atoms with Crippen molar-refractivity contribution in [2.75, 3.05) is 6.61 Å². The van der Waals surface area contributed by atoms with Crippen LogP contribution in [0.1, 0.15) is 29.3 Å². The number of hydrogen-bond donors (Lipinski definition) is 2. The van der Waals surface area contributed by atoms with Crippen LogP contribution in [0, 0.1) is 12.7 Å². The van der Waals surface area contributed by atoms with Gasteiger partial charge in [-0.2, -0.15) is 0 Å². The minimum absolute atomic E-state index is 0.0948. The molecule has 0 aliphatic rings. The second-order valence-electron chi connectivity index (χ2n) is 3.72. The van der Waals surface area contributed by atoms with Gasteiger partial charge in [0.25, 0.3) is 5.91 Å². The predicted molar refractivity (Wildman–Crippen MR) is 59.8 cm³/mol. The molecule has 1 amide bonds. The molecule has 0 radical (unpaired) electrons. The summed E-state index contributed by atoms with van der Waals surface area (Å²) in [7, 11) is 0. The van der Waals surface area contributed by atoms with Gasteiger partial charge in [-0.15, -0.1) is 0 Å². The topological polar surface area (TPSA) is 49.3 Å². The number of rotatable bonds is 4. The van der Waals surface area contributed by atoms with Gasteiger partial charge in [0, 0.05) is 5.56 Å². The summed E-state index contributed by atoms with van der Waals surface area (Å²) in [5.74, 6) is -0.637. The van der Waals surface area contributed by atoms with E-state index in [1.807, 2.05) is 6.92 Å². The fourth-order valence-corrected chi connectivity index (χ4v) is 1.42. The summed E-state index contributed by atoms with van der Waals surface area (Å²) in [6.07, 6.45) is 0.655. The van der Waals surface area contributed by atoms with Crippen molar-refractivity contribution < 1.29 is 14.3 Å². The van der Waals surface area contributed by atoms with Gasteiger partial charge in [0.15, 0.2) is 0 Å². The summed E-state index contributed by atoms with van der Waals surface area (Å²) >= 11 is 0. The molecule has 0 unspecified atom stereocenters. The fourth-order valence-electron chi connectivity index (χ4n) is 1.42. The minimum atomic E-state index is -0.358. The van der Waals surface area contributed by atoms with Gasteiger partial charge < -0.3 is 10.4 Å². The highest BCUT2D eigenvalue weighted by Crippen LogP contribution is 2.10. The number of halogens is 1. The van der Waals surface area contributed by atoms with Gasteiger partial charge in [-0.05, 0) is 37.1 Å². The third-order valence-corrected chi connectivity index (χ3v) is 2.48. The van der Waals surface area contributed by atoms with Crippen LogP contribution in [0.5, 0.6) is 0 Å². The number of amides is 1. The molecular formula is C12H16FNO2. The average molecular weight is 225 g/mol. The number of aliphatic hydroxyl groups is 1. The highest BCUT2D eigenvalue weighted by atomic mass is 19.1. The molecule has 1 aromatic rings. The molecule has 0 aliphatic carbocycles. The molecule has 0 saturated carbocycles. The molecule has 0 bridgehead atoms. The van der Waals surface area contributed by atoms with Crippen molar-refractivity contribution >= 4 is 5.91 Å². The third kappa shape index (κ3) is 3.03. The van der Waals surface area contributed by atoms with E-state index in [2.05, 4.69) is 5.32 Å². The van der Waals surface area contributed by atoms with E-state index < -0.39 is 0 Å². The van der Waals surface area contributed by atoms with Crippen molar-refractivity contribution in [1.29, 1.82) is 0 Å². The zero-order valence-corrected chi connectivity index (χ0v) is 9.46. The minimum Gasteiger partial charge on any atom is -0.394 e. The Morgan fingerprint density at radius 2 is 2.25 bits per heavy atom. The molecule has 3 nitrogen and oxygen atoms in total. The van der Waals surface area contributed by atoms with E-state index in [1.165, 1.54) is 18.2 Å². The van der Waals surface area contributed by atoms with E-state index >= 15 is 0 Å². The lowest BCUT2D eigenvalue weighted by Crippen LogP contribution is -2.37. The number of aryl methyl sites for hydroxylation is 1. The summed E-state index contributed by atoms with van der Waals surface area (Å²) in [6.45, 7) is 3.46. The molecule has 0 aliphatic heterocycles. The van der Waals surface area contributed by atoms with E-state index in [0.29, 0.717) is 17.5 Å². The van der Waals surface area contributed by atoms with Gasteiger partial charge >= 0.3 is 0 Å². The van der Waals surface area contributed by atoms with E-state index in [1.54, 1.807) is 6.92 Å². The molecule has 0 spiro atoms. The fraction of sp³-hybridized carbons (Fsp3) is 0.417. The van der Waals surface area contributed by atoms with Crippen LogP contribution in [0.15, 0.2) is 18.2 Å². The van der Waals surface area contributed by atoms with Crippen molar-refractivity contribution in [2.45, 2.75) is 26.3 Å². The van der Waals surface area contributed by atoms with Crippen LogP contribution >= 0.6 is 0 Å². The SMILES string of the molecule is CC[C@@H](CO)NC(=O)c1ccc(F)cc1C. The maximum Gasteiger partial charge on any atom is 0.251 e. The van der Waals surface area contributed by atoms with Crippen LogP contribution < -0.4 is 5.32 Å².